The average molecular weight is 254 g/mol. The van der Waals surface area contributed by atoms with Gasteiger partial charge in [0.1, 0.15) is 0 Å². The van der Waals surface area contributed by atoms with Gasteiger partial charge in [-0.25, -0.2) is 8.42 Å². The standard InChI is InChI=1S/C12H18N2O2S/c1-14(2)12(9-13)7-8-17(15,16)11-6-4-3-5-10(11)12/h3-6H,7-9,13H2,1-2H3. The highest BCUT2D eigenvalue weighted by Gasteiger charge is 2.42. The molecule has 1 heterocycles. The topological polar surface area (TPSA) is 63.4 Å². The molecule has 94 valence electrons. The highest BCUT2D eigenvalue weighted by Crippen LogP contribution is 2.39. The van der Waals surface area contributed by atoms with Crippen LogP contribution >= 0.6 is 0 Å². The number of nitrogens with zero attached hydrogens (tertiary/aromatic N) is 1. The number of likely N-dealkylation sites (N-methyl/N-ethyl adjacent to an activating group) is 1. The van der Waals surface area contributed by atoms with Crippen LogP contribution in [0.1, 0.15) is 12.0 Å². The van der Waals surface area contributed by atoms with Gasteiger partial charge in [0.05, 0.1) is 16.2 Å². The highest BCUT2D eigenvalue weighted by atomic mass is 32.2. The molecular weight excluding hydrogens is 236 g/mol. The van der Waals surface area contributed by atoms with Crippen LogP contribution in [0.2, 0.25) is 0 Å². The second kappa shape index (κ2) is 4.08. The van der Waals surface area contributed by atoms with Crippen LogP contribution in [0, 0.1) is 0 Å². The van der Waals surface area contributed by atoms with Gasteiger partial charge in [-0.15, -0.1) is 0 Å². The molecule has 0 aliphatic carbocycles. The van der Waals surface area contributed by atoms with Crippen molar-refractivity contribution in [2.45, 2.75) is 16.9 Å². The first-order valence-electron chi connectivity index (χ1n) is 5.64. The Morgan fingerprint density at radius 1 is 1.35 bits per heavy atom. The summed E-state index contributed by atoms with van der Waals surface area (Å²) in [6.45, 7) is 0.423. The molecule has 0 spiro atoms. The third-order valence-electron chi connectivity index (χ3n) is 3.70. The van der Waals surface area contributed by atoms with Gasteiger partial charge in [0.15, 0.2) is 9.84 Å². The molecule has 0 saturated heterocycles. The van der Waals surface area contributed by atoms with E-state index in [0.29, 0.717) is 17.9 Å². The fourth-order valence-corrected chi connectivity index (χ4v) is 4.23. The Morgan fingerprint density at radius 2 is 2.00 bits per heavy atom. The second-order valence-electron chi connectivity index (χ2n) is 4.70. The quantitative estimate of drug-likeness (QED) is 0.838. The van der Waals surface area contributed by atoms with Crippen LogP contribution in [-0.2, 0) is 15.4 Å². The van der Waals surface area contributed by atoms with Gasteiger partial charge < -0.3 is 5.73 Å². The number of nitrogens with two attached hydrogens (primary N) is 1. The van der Waals surface area contributed by atoms with Crippen molar-refractivity contribution < 1.29 is 8.42 Å². The number of fused-ring (bicyclic) bond motifs is 1. The molecule has 1 aliphatic heterocycles. The first-order valence-corrected chi connectivity index (χ1v) is 7.29. The molecule has 17 heavy (non-hydrogen) atoms. The summed E-state index contributed by atoms with van der Waals surface area (Å²) >= 11 is 0. The molecule has 0 fully saturated rings. The normalized spacial score (nSPS) is 26.8. The predicted octanol–water partition coefficient (Wildman–Crippen LogP) is 0.580. The van der Waals surface area contributed by atoms with Gasteiger partial charge in [0.2, 0.25) is 0 Å². The van der Waals surface area contributed by atoms with E-state index < -0.39 is 9.84 Å². The Labute approximate surface area is 102 Å². The minimum Gasteiger partial charge on any atom is -0.328 e. The van der Waals surface area contributed by atoms with Gasteiger partial charge in [-0.2, -0.15) is 0 Å². The SMILES string of the molecule is CN(C)C1(CN)CCS(=O)(=O)c2ccccc21. The van der Waals surface area contributed by atoms with Crippen molar-refractivity contribution in [3.05, 3.63) is 29.8 Å². The summed E-state index contributed by atoms with van der Waals surface area (Å²) < 4.78 is 24.1. The summed E-state index contributed by atoms with van der Waals surface area (Å²) in [5.74, 6) is 0.166. The number of benzene rings is 1. The van der Waals surface area contributed by atoms with Crippen molar-refractivity contribution in [2.75, 3.05) is 26.4 Å². The van der Waals surface area contributed by atoms with Crippen molar-refractivity contribution >= 4 is 9.84 Å². The van der Waals surface area contributed by atoms with Crippen LogP contribution in [0.25, 0.3) is 0 Å². The largest absolute Gasteiger partial charge is 0.328 e. The summed E-state index contributed by atoms with van der Waals surface area (Å²) in [7, 11) is 0.753. The number of sulfone groups is 1. The van der Waals surface area contributed by atoms with E-state index in [-0.39, 0.29) is 11.3 Å². The van der Waals surface area contributed by atoms with Gasteiger partial charge in [0, 0.05) is 6.54 Å². The Balaban J connectivity index is 2.71. The zero-order valence-corrected chi connectivity index (χ0v) is 11.0. The predicted molar refractivity (Wildman–Crippen MR) is 67.5 cm³/mol. The number of rotatable bonds is 2. The first-order chi connectivity index (χ1) is 7.94. The molecule has 0 amide bonds. The van der Waals surface area contributed by atoms with Crippen LogP contribution in [0.3, 0.4) is 0 Å². The van der Waals surface area contributed by atoms with Gasteiger partial charge in [-0.1, -0.05) is 18.2 Å². The zero-order valence-electron chi connectivity index (χ0n) is 10.2. The molecule has 1 aromatic carbocycles. The lowest BCUT2D eigenvalue weighted by Gasteiger charge is -2.43. The molecular formula is C12H18N2O2S. The Kier molecular flexibility index (Phi) is 3.01. The molecule has 2 N–H and O–H groups in total. The summed E-state index contributed by atoms with van der Waals surface area (Å²) in [4.78, 5) is 2.46. The third-order valence-corrected chi connectivity index (χ3v) is 5.47. The monoisotopic (exact) mass is 254 g/mol. The molecule has 0 radical (unpaired) electrons. The maximum Gasteiger partial charge on any atom is 0.178 e. The van der Waals surface area contributed by atoms with Crippen LogP contribution in [0.15, 0.2) is 29.2 Å². The lowest BCUT2D eigenvalue weighted by Crippen LogP contribution is -2.51. The van der Waals surface area contributed by atoms with Crippen molar-refractivity contribution in [3.8, 4) is 0 Å². The zero-order chi connectivity index (χ0) is 12.7. The molecule has 0 bridgehead atoms. The number of hydrogen-bond acceptors (Lipinski definition) is 4. The van der Waals surface area contributed by atoms with Crippen molar-refractivity contribution in [1.29, 1.82) is 0 Å². The van der Waals surface area contributed by atoms with E-state index in [0.717, 1.165) is 5.56 Å². The van der Waals surface area contributed by atoms with E-state index in [1.54, 1.807) is 12.1 Å². The maximum absolute atomic E-state index is 12.0. The molecule has 1 aliphatic rings. The minimum atomic E-state index is -3.14. The highest BCUT2D eigenvalue weighted by molar-refractivity contribution is 7.91. The molecule has 0 saturated carbocycles. The summed E-state index contributed by atoms with van der Waals surface area (Å²) in [6.07, 6.45) is 0.551. The fraction of sp³-hybridized carbons (Fsp3) is 0.500. The second-order valence-corrected chi connectivity index (χ2v) is 6.77. The lowest BCUT2D eigenvalue weighted by atomic mass is 9.85. The summed E-state index contributed by atoms with van der Waals surface area (Å²) in [5.41, 5.74) is 6.38. The molecule has 5 heteroatoms. The van der Waals surface area contributed by atoms with Crippen LogP contribution in [0.5, 0.6) is 0 Å². The van der Waals surface area contributed by atoms with Gasteiger partial charge >= 0.3 is 0 Å². The first kappa shape index (κ1) is 12.5. The molecule has 2 rings (SSSR count). The van der Waals surface area contributed by atoms with E-state index in [4.69, 9.17) is 5.73 Å². The smallest absolute Gasteiger partial charge is 0.178 e. The Morgan fingerprint density at radius 3 is 2.59 bits per heavy atom. The van der Waals surface area contributed by atoms with E-state index >= 15 is 0 Å². The number of hydrogen-bond donors (Lipinski definition) is 1. The van der Waals surface area contributed by atoms with Crippen LogP contribution in [0.4, 0.5) is 0 Å². The molecule has 0 aromatic heterocycles. The van der Waals surface area contributed by atoms with Crippen molar-refractivity contribution in [1.82, 2.24) is 4.90 Å². The molecule has 1 aromatic rings. The van der Waals surface area contributed by atoms with E-state index in [2.05, 4.69) is 0 Å². The molecule has 4 nitrogen and oxygen atoms in total. The Hall–Kier alpha value is -0.910. The van der Waals surface area contributed by atoms with Crippen LogP contribution in [-0.4, -0.2) is 39.7 Å². The summed E-state index contributed by atoms with van der Waals surface area (Å²) in [6, 6.07) is 7.18. The van der Waals surface area contributed by atoms with E-state index in [9.17, 15) is 8.42 Å². The average Bonchev–Trinajstić information content (AvgIpc) is 2.30. The van der Waals surface area contributed by atoms with Crippen LogP contribution < -0.4 is 5.73 Å². The summed E-state index contributed by atoms with van der Waals surface area (Å²) in [5, 5.41) is 0. The van der Waals surface area contributed by atoms with Gasteiger partial charge in [0.25, 0.3) is 0 Å². The maximum atomic E-state index is 12.0. The van der Waals surface area contributed by atoms with E-state index in [1.807, 2.05) is 31.1 Å². The van der Waals surface area contributed by atoms with Crippen molar-refractivity contribution in [2.24, 2.45) is 5.73 Å². The fourth-order valence-electron chi connectivity index (χ4n) is 2.53. The molecule has 1 atom stereocenters. The minimum absolute atomic E-state index is 0.166. The Bertz CT molecular complexity index is 525. The third kappa shape index (κ3) is 1.78. The van der Waals surface area contributed by atoms with E-state index in [1.165, 1.54) is 0 Å². The molecule has 1 unspecified atom stereocenters. The van der Waals surface area contributed by atoms with Gasteiger partial charge in [-0.05, 0) is 32.1 Å². The lowest BCUT2D eigenvalue weighted by molar-refractivity contribution is 0.148. The van der Waals surface area contributed by atoms with Crippen molar-refractivity contribution in [3.63, 3.8) is 0 Å². The van der Waals surface area contributed by atoms with Gasteiger partial charge in [-0.3, -0.25) is 4.90 Å².